The Bertz CT molecular complexity index is 645. The summed E-state index contributed by atoms with van der Waals surface area (Å²) in [6, 6.07) is 7.48. The molecule has 2 fully saturated rings. The van der Waals surface area contributed by atoms with Crippen LogP contribution < -0.4 is 10.6 Å². The van der Waals surface area contributed by atoms with E-state index in [2.05, 4.69) is 15.5 Å². The van der Waals surface area contributed by atoms with Crippen molar-refractivity contribution in [1.29, 1.82) is 0 Å². The van der Waals surface area contributed by atoms with Crippen LogP contribution in [0.2, 0.25) is 0 Å². The second-order valence-electron chi connectivity index (χ2n) is 7.53. The number of nitrogens with zero attached hydrogens (tertiary/aromatic N) is 2. The minimum absolute atomic E-state index is 0.0363. The van der Waals surface area contributed by atoms with Gasteiger partial charge < -0.3 is 20.6 Å². The first kappa shape index (κ1) is 19.6. The monoisotopic (exact) mass is 374 g/mol. The molecule has 1 aromatic rings. The molecule has 1 unspecified atom stereocenters. The fourth-order valence-corrected chi connectivity index (χ4v) is 3.55. The zero-order chi connectivity index (χ0) is 19.2. The number of aliphatic hydroxyl groups is 1. The summed E-state index contributed by atoms with van der Waals surface area (Å²) in [5, 5.41) is 14.9. The fraction of sp³-hybridized carbons (Fsp3) is 0.600. The number of aliphatic hydroxyl groups excluding tert-OH is 1. The third-order valence-corrected chi connectivity index (χ3v) is 5.39. The molecule has 0 aromatic heterocycles. The van der Waals surface area contributed by atoms with E-state index in [0.717, 1.165) is 30.3 Å². The fourth-order valence-electron chi connectivity index (χ4n) is 3.55. The molecule has 1 heterocycles. The summed E-state index contributed by atoms with van der Waals surface area (Å²) in [7, 11) is 1.62. The molecule has 1 saturated carbocycles. The van der Waals surface area contributed by atoms with Gasteiger partial charge in [0, 0.05) is 51.6 Å². The van der Waals surface area contributed by atoms with E-state index in [1.165, 1.54) is 12.8 Å². The third-order valence-electron chi connectivity index (χ3n) is 5.39. The number of urea groups is 1. The smallest absolute Gasteiger partial charge is 0.321 e. The van der Waals surface area contributed by atoms with Crippen LogP contribution in [0.25, 0.3) is 0 Å². The van der Waals surface area contributed by atoms with Crippen LogP contribution in [0.4, 0.5) is 10.5 Å². The summed E-state index contributed by atoms with van der Waals surface area (Å²) >= 11 is 0. The molecule has 3 N–H and O–H groups in total. The minimum Gasteiger partial charge on any atom is -0.396 e. The number of benzene rings is 1. The molecular weight excluding hydrogens is 344 g/mol. The van der Waals surface area contributed by atoms with Gasteiger partial charge in [0.25, 0.3) is 0 Å². The van der Waals surface area contributed by atoms with Crippen LogP contribution in [0.15, 0.2) is 24.3 Å². The van der Waals surface area contributed by atoms with Gasteiger partial charge in [-0.15, -0.1) is 0 Å². The van der Waals surface area contributed by atoms with Crippen molar-refractivity contribution in [2.45, 2.75) is 31.7 Å². The number of carbonyl (C=O) groups excluding carboxylic acids is 2. The van der Waals surface area contributed by atoms with Crippen molar-refractivity contribution in [3.63, 3.8) is 0 Å². The number of likely N-dealkylation sites (N-methyl/N-ethyl adjacent to an activating group) is 1. The van der Waals surface area contributed by atoms with E-state index in [-0.39, 0.29) is 24.6 Å². The van der Waals surface area contributed by atoms with Crippen molar-refractivity contribution in [2.24, 2.45) is 5.92 Å². The zero-order valence-corrected chi connectivity index (χ0v) is 16.0. The standard InChI is InChI=1S/C20H30N4O3/c1-21-19(26)12-15-4-6-17(7-5-15)22-20(27)24-10-9-23(13-16-2-3-16)18(14-24)8-11-25/h4-7,16,18,25H,2-3,8-14H2,1H3,(H,21,26)(H,22,27). The van der Waals surface area contributed by atoms with Crippen LogP contribution in [-0.2, 0) is 11.2 Å². The summed E-state index contributed by atoms with van der Waals surface area (Å²) in [5.41, 5.74) is 1.63. The van der Waals surface area contributed by atoms with E-state index in [0.29, 0.717) is 25.9 Å². The molecule has 1 aliphatic heterocycles. The van der Waals surface area contributed by atoms with E-state index < -0.39 is 0 Å². The molecular formula is C20H30N4O3. The summed E-state index contributed by atoms with van der Waals surface area (Å²) in [6.45, 7) is 3.45. The van der Waals surface area contributed by atoms with E-state index >= 15 is 0 Å². The normalized spacial score (nSPS) is 20.4. The van der Waals surface area contributed by atoms with Crippen molar-refractivity contribution in [3.05, 3.63) is 29.8 Å². The van der Waals surface area contributed by atoms with Gasteiger partial charge in [-0.25, -0.2) is 4.79 Å². The molecule has 3 amide bonds. The van der Waals surface area contributed by atoms with Gasteiger partial charge in [-0.1, -0.05) is 12.1 Å². The molecule has 0 radical (unpaired) electrons. The third kappa shape index (κ3) is 5.68. The lowest BCUT2D eigenvalue weighted by atomic mass is 10.1. The van der Waals surface area contributed by atoms with Crippen molar-refractivity contribution in [3.8, 4) is 0 Å². The lowest BCUT2D eigenvalue weighted by Gasteiger charge is -2.41. The van der Waals surface area contributed by atoms with Crippen molar-refractivity contribution in [2.75, 3.05) is 45.2 Å². The highest BCUT2D eigenvalue weighted by Gasteiger charge is 2.33. The maximum Gasteiger partial charge on any atom is 0.321 e. The largest absolute Gasteiger partial charge is 0.396 e. The molecule has 27 heavy (non-hydrogen) atoms. The number of amides is 3. The summed E-state index contributed by atoms with van der Waals surface area (Å²) in [6.07, 6.45) is 3.64. The Hall–Kier alpha value is -2.12. The van der Waals surface area contributed by atoms with Crippen LogP contribution in [0.3, 0.4) is 0 Å². The summed E-state index contributed by atoms with van der Waals surface area (Å²) in [5.74, 6) is 0.769. The van der Waals surface area contributed by atoms with Crippen LogP contribution in [-0.4, -0.2) is 72.7 Å². The van der Waals surface area contributed by atoms with Crippen LogP contribution in [0.5, 0.6) is 0 Å². The van der Waals surface area contributed by atoms with Gasteiger partial charge in [0.05, 0.1) is 6.42 Å². The highest BCUT2D eigenvalue weighted by Crippen LogP contribution is 2.31. The van der Waals surface area contributed by atoms with Gasteiger partial charge in [-0.2, -0.15) is 0 Å². The van der Waals surface area contributed by atoms with E-state index in [1.807, 2.05) is 29.2 Å². The number of hydrogen-bond acceptors (Lipinski definition) is 4. The maximum atomic E-state index is 12.6. The van der Waals surface area contributed by atoms with Crippen molar-refractivity contribution in [1.82, 2.24) is 15.1 Å². The Morgan fingerprint density at radius 3 is 2.56 bits per heavy atom. The summed E-state index contributed by atoms with van der Waals surface area (Å²) < 4.78 is 0. The number of carbonyl (C=O) groups is 2. The topological polar surface area (TPSA) is 84.9 Å². The van der Waals surface area contributed by atoms with E-state index in [9.17, 15) is 14.7 Å². The first-order valence-electron chi connectivity index (χ1n) is 9.79. The Balaban J connectivity index is 1.53. The maximum absolute atomic E-state index is 12.6. The van der Waals surface area contributed by atoms with Crippen LogP contribution >= 0.6 is 0 Å². The quantitative estimate of drug-likeness (QED) is 0.671. The minimum atomic E-state index is -0.108. The molecule has 1 aromatic carbocycles. The van der Waals surface area contributed by atoms with Gasteiger partial charge in [-0.05, 0) is 42.9 Å². The second-order valence-corrected chi connectivity index (χ2v) is 7.53. The molecule has 1 aliphatic carbocycles. The summed E-state index contributed by atoms with van der Waals surface area (Å²) in [4.78, 5) is 28.3. The molecule has 2 aliphatic rings. The van der Waals surface area contributed by atoms with Gasteiger partial charge in [0.2, 0.25) is 5.91 Å². The molecule has 1 atom stereocenters. The first-order valence-corrected chi connectivity index (χ1v) is 9.79. The second kappa shape index (κ2) is 9.19. The van der Waals surface area contributed by atoms with Gasteiger partial charge >= 0.3 is 6.03 Å². The molecule has 7 heteroatoms. The lowest BCUT2D eigenvalue weighted by Crippen LogP contribution is -2.56. The molecule has 3 rings (SSSR count). The molecule has 7 nitrogen and oxygen atoms in total. The number of anilines is 1. The molecule has 0 bridgehead atoms. The lowest BCUT2D eigenvalue weighted by molar-refractivity contribution is -0.119. The van der Waals surface area contributed by atoms with E-state index in [1.54, 1.807) is 7.05 Å². The number of nitrogens with one attached hydrogen (secondary N) is 2. The Morgan fingerprint density at radius 2 is 1.93 bits per heavy atom. The SMILES string of the molecule is CNC(=O)Cc1ccc(NC(=O)N2CCN(CC3CC3)C(CCO)C2)cc1. The molecule has 0 spiro atoms. The average Bonchev–Trinajstić information content (AvgIpc) is 3.49. The van der Waals surface area contributed by atoms with Crippen molar-refractivity contribution >= 4 is 17.6 Å². The van der Waals surface area contributed by atoms with Gasteiger partial charge in [0.15, 0.2) is 0 Å². The predicted octanol–water partition coefficient (Wildman–Crippen LogP) is 1.29. The highest BCUT2D eigenvalue weighted by molar-refractivity contribution is 5.89. The Labute approximate surface area is 160 Å². The Kier molecular flexibility index (Phi) is 6.68. The first-order chi connectivity index (χ1) is 13.1. The van der Waals surface area contributed by atoms with E-state index in [4.69, 9.17) is 0 Å². The highest BCUT2D eigenvalue weighted by atomic mass is 16.3. The zero-order valence-electron chi connectivity index (χ0n) is 16.0. The average molecular weight is 374 g/mol. The van der Waals surface area contributed by atoms with Crippen LogP contribution in [0, 0.1) is 5.92 Å². The number of rotatable bonds is 7. The predicted molar refractivity (Wildman–Crippen MR) is 105 cm³/mol. The van der Waals surface area contributed by atoms with Crippen LogP contribution in [0.1, 0.15) is 24.8 Å². The van der Waals surface area contributed by atoms with Crippen molar-refractivity contribution < 1.29 is 14.7 Å². The molecule has 148 valence electrons. The van der Waals surface area contributed by atoms with Gasteiger partial charge in [-0.3, -0.25) is 9.69 Å². The molecule has 1 saturated heterocycles. The number of piperazine rings is 1. The Morgan fingerprint density at radius 1 is 1.19 bits per heavy atom. The van der Waals surface area contributed by atoms with Gasteiger partial charge in [0.1, 0.15) is 0 Å². The number of hydrogen-bond donors (Lipinski definition) is 3.